The van der Waals surface area contributed by atoms with Gasteiger partial charge in [0.1, 0.15) is 6.54 Å². The van der Waals surface area contributed by atoms with E-state index in [9.17, 15) is 13.2 Å². The lowest BCUT2D eigenvalue weighted by molar-refractivity contribution is -0.119. The Hall–Kier alpha value is -3.85. The van der Waals surface area contributed by atoms with Crippen molar-refractivity contribution in [1.29, 1.82) is 0 Å². The predicted octanol–water partition coefficient (Wildman–Crippen LogP) is 4.75. The maximum Gasteiger partial charge on any atom is 0.264 e. The number of nitrogens with one attached hydrogen (secondary N) is 1. The van der Waals surface area contributed by atoms with Gasteiger partial charge in [-0.3, -0.25) is 9.10 Å². The van der Waals surface area contributed by atoms with Crippen molar-refractivity contribution in [2.75, 3.05) is 24.1 Å². The Kier molecular flexibility index (Phi) is 9.30. The second kappa shape index (κ2) is 12.4. The monoisotopic (exact) mass is 523 g/mol. The average molecular weight is 524 g/mol. The summed E-state index contributed by atoms with van der Waals surface area (Å²) in [4.78, 5) is 13.0. The second-order valence-corrected chi connectivity index (χ2v) is 10.3. The molecule has 0 aliphatic carbocycles. The van der Waals surface area contributed by atoms with Crippen molar-refractivity contribution in [2.45, 2.75) is 39.5 Å². The molecular formula is C28H33N3O5S. The molecule has 0 heterocycles. The van der Waals surface area contributed by atoms with Gasteiger partial charge in [-0.2, -0.15) is 5.10 Å². The van der Waals surface area contributed by atoms with Crippen molar-refractivity contribution in [3.8, 4) is 11.5 Å². The van der Waals surface area contributed by atoms with Crippen LogP contribution < -0.4 is 19.2 Å². The van der Waals surface area contributed by atoms with Crippen LogP contribution in [0.2, 0.25) is 0 Å². The Labute approximate surface area is 219 Å². The van der Waals surface area contributed by atoms with Crippen LogP contribution in [0, 0.1) is 20.8 Å². The van der Waals surface area contributed by atoms with E-state index in [1.807, 2.05) is 46.8 Å². The number of nitrogens with zero attached hydrogens (tertiary/aromatic N) is 2. The van der Waals surface area contributed by atoms with E-state index in [4.69, 9.17) is 9.47 Å². The summed E-state index contributed by atoms with van der Waals surface area (Å²) < 4.78 is 39.5. The van der Waals surface area contributed by atoms with Gasteiger partial charge in [0.05, 0.1) is 30.0 Å². The van der Waals surface area contributed by atoms with Gasteiger partial charge in [-0.05, 0) is 87.7 Å². The highest BCUT2D eigenvalue weighted by Crippen LogP contribution is 2.29. The van der Waals surface area contributed by atoms with Crippen LogP contribution in [0.1, 0.15) is 36.1 Å². The first-order chi connectivity index (χ1) is 17.6. The molecule has 0 unspecified atom stereocenters. The molecule has 8 nitrogen and oxygen atoms in total. The van der Waals surface area contributed by atoms with E-state index in [0.29, 0.717) is 36.0 Å². The zero-order valence-electron chi connectivity index (χ0n) is 21.8. The molecule has 0 aliphatic heterocycles. The van der Waals surface area contributed by atoms with Gasteiger partial charge in [-0.25, -0.2) is 13.8 Å². The molecule has 0 saturated carbocycles. The van der Waals surface area contributed by atoms with Gasteiger partial charge in [-0.1, -0.05) is 29.8 Å². The SMILES string of the molecule is CCOc1ccc(/C=N\NC(=O)CN(c2cc(C)ccc2C)S(=O)(=O)c2ccc(C)cc2)cc1OCC. The summed E-state index contributed by atoms with van der Waals surface area (Å²) in [5.41, 5.74) is 6.11. The molecule has 37 heavy (non-hydrogen) atoms. The van der Waals surface area contributed by atoms with Crippen LogP contribution in [-0.2, 0) is 14.8 Å². The third kappa shape index (κ3) is 7.10. The number of benzene rings is 3. The van der Waals surface area contributed by atoms with Crippen molar-refractivity contribution in [2.24, 2.45) is 5.10 Å². The number of hydrogen-bond acceptors (Lipinski definition) is 6. The third-order valence-electron chi connectivity index (χ3n) is 5.50. The first-order valence-corrected chi connectivity index (χ1v) is 13.5. The van der Waals surface area contributed by atoms with Crippen molar-refractivity contribution in [3.05, 3.63) is 82.9 Å². The molecular weight excluding hydrogens is 490 g/mol. The molecule has 3 aromatic rings. The fraction of sp³-hybridized carbons (Fsp3) is 0.286. The van der Waals surface area contributed by atoms with Crippen molar-refractivity contribution < 1.29 is 22.7 Å². The molecule has 196 valence electrons. The fourth-order valence-corrected chi connectivity index (χ4v) is 5.10. The highest BCUT2D eigenvalue weighted by molar-refractivity contribution is 7.92. The molecule has 9 heteroatoms. The Bertz CT molecular complexity index is 1370. The van der Waals surface area contributed by atoms with E-state index >= 15 is 0 Å². The van der Waals surface area contributed by atoms with Crippen LogP contribution >= 0.6 is 0 Å². The Morgan fingerprint density at radius 3 is 2.22 bits per heavy atom. The minimum atomic E-state index is -4.01. The van der Waals surface area contributed by atoms with Gasteiger partial charge in [0.15, 0.2) is 11.5 Å². The number of aryl methyl sites for hydroxylation is 3. The maximum absolute atomic E-state index is 13.6. The number of amides is 1. The lowest BCUT2D eigenvalue weighted by Crippen LogP contribution is -2.40. The molecule has 1 amide bonds. The Morgan fingerprint density at radius 2 is 1.54 bits per heavy atom. The molecule has 0 fully saturated rings. The largest absolute Gasteiger partial charge is 0.490 e. The number of anilines is 1. The molecule has 0 aliphatic rings. The highest BCUT2D eigenvalue weighted by atomic mass is 32.2. The van der Waals surface area contributed by atoms with Crippen molar-refractivity contribution in [3.63, 3.8) is 0 Å². The van der Waals surface area contributed by atoms with Gasteiger partial charge in [0.25, 0.3) is 15.9 Å². The summed E-state index contributed by atoms with van der Waals surface area (Å²) in [6.07, 6.45) is 1.47. The number of sulfonamides is 1. The Morgan fingerprint density at radius 1 is 0.892 bits per heavy atom. The third-order valence-corrected chi connectivity index (χ3v) is 7.27. The summed E-state index contributed by atoms with van der Waals surface area (Å²) in [7, 11) is -4.01. The van der Waals surface area contributed by atoms with Gasteiger partial charge in [0.2, 0.25) is 0 Å². The topological polar surface area (TPSA) is 97.3 Å². The summed E-state index contributed by atoms with van der Waals surface area (Å²) in [5, 5.41) is 4.03. The molecule has 0 saturated heterocycles. The summed E-state index contributed by atoms with van der Waals surface area (Å²) in [5.74, 6) is 0.616. The quantitative estimate of drug-likeness (QED) is 0.289. The minimum absolute atomic E-state index is 0.105. The van der Waals surface area contributed by atoms with Gasteiger partial charge >= 0.3 is 0 Å². The Balaban J connectivity index is 1.84. The number of hydrazone groups is 1. The maximum atomic E-state index is 13.6. The van der Waals surface area contributed by atoms with E-state index < -0.39 is 22.5 Å². The zero-order chi connectivity index (χ0) is 27.0. The van der Waals surface area contributed by atoms with Crippen LogP contribution in [0.4, 0.5) is 5.69 Å². The van der Waals surface area contributed by atoms with Crippen molar-refractivity contribution >= 4 is 27.8 Å². The van der Waals surface area contributed by atoms with E-state index in [-0.39, 0.29) is 4.90 Å². The van der Waals surface area contributed by atoms with Crippen molar-refractivity contribution in [1.82, 2.24) is 5.43 Å². The van der Waals surface area contributed by atoms with E-state index in [1.165, 1.54) is 6.21 Å². The summed E-state index contributed by atoms with van der Waals surface area (Å²) >= 11 is 0. The van der Waals surface area contributed by atoms with Crippen LogP contribution in [0.15, 0.2) is 70.7 Å². The van der Waals surface area contributed by atoms with Crippen LogP contribution in [-0.4, -0.2) is 40.3 Å². The lowest BCUT2D eigenvalue weighted by atomic mass is 10.1. The number of carbonyl (C=O) groups is 1. The second-order valence-electron chi connectivity index (χ2n) is 8.48. The predicted molar refractivity (Wildman–Crippen MR) is 146 cm³/mol. The van der Waals surface area contributed by atoms with Gasteiger partial charge in [0, 0.05) is 0 Å². The first kappa shape index (κ1) is 27.7. The molecule has 3 rings (SSSR count). The van der Waals surface area contributed by atoms with E-state index in [0.717, 1.165) is 21.0 Å². The molecule has 3 aromatic carbocycles. The fourth-order valence-electron chi connectivity index (χ4n) is 3.62. The number of carbonyl (C=O) groups excluding carboxylic acids is 1. The normalized spacial score (nSPS) is 11.4. The molecule has 0 radical (unpaired) electrons. The molecule has 0 bridgehead atoms. The van der Waals surface area contributed by atoms with Crippen LogP contribution in [0.25, 0.3) is 0 Å². The summed E-state index contributed by atoms with van der Waals surface area (Å²) in [6, 6.07) is 17.3. The average Bonchev–Trinajstić information content (AvgIpc) is 2.86. The van der Waals surface area contributed by atoms with Gasteiger partial charge in [-0.15, -0.1) is 0 Å². The smallest absolute Gasteiger partial charge is 0.264 e. The van der Waals surface area contributed by atoms with Gasteiger partial charge < -0.3 is 9.47 Å². The lowest BCUT2D eigenvalue weighted by Gasteiger charge is -2.25. The number of rotatable bonds is 11. The number of hydrogen-bond donors (Lipinski definition) is 1. The van der Waals surface area contributed by atoms with E-state index in [1.54, 1.807) is 48.5 Å². The number of ether oxygens (including phenoxy) is 2. The molecule has 0 aromatic heterocycles. The standard InChI is InChI=1S/C28H33N3O5S/c1-6-35-26-15-12-23(17-27(26)36-7-2)18-29-30-28(32)19-31(25-16-21(4)8-11-22(25)5)37(33,34)24-13-9-20(3)10-14-24/h8-18H,6-7,19H2,1-5H3,(H,30,32)/b29-18-. The molecule has 0 atom stereocenters. The minimum Gasteiger partial charge on any atom is -0.490 e. The molecule has 0 spiro atoms. The van der Waals surface area contributed by atoms with E-state index in [2.05, 4.69) is 10.5 Å². The van der Waals surface area contributed by atoms with Crippen LogP contribution in [0.3, 0.4) is 0 Å². The molecule has 1 N–H and O–H groups in total. The zero-order valence-corrected chi connectivity index (χ0v) is 22.6. The highest BCUT2D eigenvalue weighted by Gasteiger charge is 2.28. The summed E-state index contributed by atoms with van der Waals surface area (Å²) in [6.45, 7) is 9.87. The first-order valence-electron chi connectivity index (χ1n) is 12.0. The van der Waals surface area contributed by atoms with Crippen LogP contribution in [0.5, 0.6) is 11.5 Å².